The molecule has 1 amide bonds. The van der Waals surface area contributed by atoms with E-state index in [4.69, 9.17) is 0 Å². The van der Waals surface area contributed by atoms with E-state index in [0.29, 0.717) is 23.9 Å². The molecule has 0 aliphatic carbocycles. The van der Waals surface area contributed by atoms with Crippen molar-refractivity contribution in [2.45, 2.75) is 31.5 Å². The summed E-state index contributed by atoms with van der Waals surface area (Å²) in [6.45, 7) is 4.63. The van der Waals surface area contributed by atoms with Crippen molar-refractivity contribution >= 4 is 44.3 Å². The summed E-state index contributed by atoms with van der Waals surface area (Å²) >= 11 is 1.34. The number of aromatic nitrogens is 4. The molecule has 1 fully saturated rings. The number of aromatic amines is 1. The number of sulfone groups is 1. The SMILES string of the molecule is CC(C)CN(C(=O)CSc1n[nH]c2nc3ccccc3n12)[C@H]1CCS(=O)(=O)C1. The summed E-state index contributed by atoms with van der Waals surface area (Å²) in [6, 6.07) is 7.53. The number of rotatable bonds is 6. The number of nitrogens with one attached hydrogen (secondary N) is 1. The third-order valence-electron chi connectivity index (χ3n) is 4.86. The molecule has 0 unspecified atom stereocenters. The minimum atomic E-state index is -3.04. The highest BCUT2D eigenvalue weighted by molar-refractivity contribution is 7.99. The Morgan fingerprint density at radius 1 is 1.39 bits per heavy atom. The summed E-state index contributed by atoms with van der Waals surface area (Å²) in [5.74, 6) is 1.28. The normalized spacial score (nSPS) is 19.0. The first-order valence-corrected chi connectivity index (χ1v) is 12.1. The van der Waals surface area contributed by atoms with Gasteiger partial charge in [-0.05, 0) is 24.5 Å². The molecular weight excluding hydrogens is 398 g/mol. The number of amides is 1. The third kappa shape index (κ3) is 3.75. The van der Waals surface area contributed by atoms with Gasteiger partial charge >= 0.3 is 0 Å². The van der Waals surface area contributed by atoms with E-state index >= 15 is 0 Å². The van der Waals surface area contributed by atoms with Gasteiger partial charge in [-0.15, -0.1) is 5.10 Å². The van der Waals surface area contributed by atoms with Crippen molar-refractivity contribution in [3.8, 4) is 0 Å². The number of para-hydroxylation sites is 2. The van der Waals surface area contributed by atoms with Gasteiger partial charge in [0.05, 0.1) is 28.3 Å². The third-order valence-corrected chi connectivity index (χ3v) is 7.53. The molecule has 1 aliphatic heterocycles. The van der Waals surface area contributed by atoms with Crippen LogP contribution in [0.4, 0.5) is 0 Å². The van der Waals surface area contributed by atoms with Gasteiger partial charge in [0.1, 0.15) is 0 Å². The van der Waals surface area contributed by atoms with Gasteiger partial charge in [-0.1, -0.05) is 37.7 Å². The molecule has 150 valence electrons. The zero-order valence-electron chi connectivity index (χ0n) is 15.8. The van der Waals surface area contributed by atoms with Crippen molar-refractivity contribution in [1.29, 1.82) is 0 Å². The molecular formula is C18H23N5O3S2. The molecule has 4 rings (SSSR count). The van der Waals surface area contributed by atoms with Crippen LogP contribution in [0, 0.1) is 5.92 Å². The van der Waals surface area contributed by atoms with Crippen molar-refractivity contribution in [1.82, 2.24) is 24.5 Å². The first kappa shape index (κ1) is 19.3. The lowest BCUT2D eigenvalue weighted by Gasteiger charge is -2.29. The van der Waals surface area contributed by atoms with Crippen molar-refractivity contribution in [2.75, 3.05) is 23.8 Å². The van der Waals surface area contributed by atoms with Gasteiger partial charge in [0, 0.05) is 12.6 Å². The molecule has 1 aromatic carbocycles. The molecule has 0 spiro atoms. The van der Waals surface area contributed by atoms with E-state index < -0.39 is 9.84 Å². The predicted molar refractivity (Wildman–Crippen MR) is 109 cm³/mol. The highest BCUT2D eigenvalue weighted by Crippen LogP contribution is 2.25. The van der Waals surface area contributed by atoms with E-state index in [9.17, 15) is 13.2 Å². The average Bonchev–Trinajstić information content (AvgIpc) is 3.30. The second kappa shape index (κ2) is 7.40. The number of benzene rings is 1. The van der Waals surface area contributed by atoms with E-state index in [1.807, 2.05) is 42.5 Å². The molecule has 1 saturated heterocycles. The molecule has 0 bridgehead atoms. The van der Waals surface area contributed by atoms with Gasteiger partial charge in [-0.3, -0.25) is 9.20 Å². The summed E-state index contributed by atoms with van der Waals surface area (Å²) in [7, 11) is -3.04. The number of H-pyrrole nitrogens is 1. The van der Waals surface area contributed by atoms with Gasteiger partial charge in [0.2, 0.25) is 11.7 Å². The van der Waals surface area contributed by atoms with Crippen LogP contribution in [0.5, 0.6) is 0 Å². The minimum absolute atomic E-state index is 0.0543. The molecule has 1 aliphatic rings. The maximum atomic E-state index is 13.0. The van der Waals surface area contributed by atoms with Gasteiger partial charge in [-0.25, -0.2) is 18.5 Å². The fourth-order valence-electron chi connectivity index (χ4n) is 3.62. The smallest absolute Gasteiger partial charge is 0.233 e. The molecule has 2 aromatic heterocycles. The van der Waals surface area contributed by atoms with E-state index in [1.165, 1.54) is 11.8 Å². The summed E-state index contributed by atoms with van der Waals surface area (Å²) in [5, 5.41) is 7.86. The molecule has 8 nitrogen and oxygen atoms in total. The maximum absolute atomic E-state index is 13.0. The van der Waals surface area contributed by atoms with Crippen molar-refractivity contribution < 1.29 is 13.2 Å². The molecule has 0 radical (unpaired) electrons. The van der Waals surface area contributed by atoms with Crippen LogP contribution in [-0.4, -0.2) is 68.7 Å². The van der Waals surface area contributed by atoms with Crippen LogP contribution in [0.3, 0.4) is 0 Å². The van der Waals surface area contributed by atoms with Crippen LogP contribution in [0.2, 0.25) is 0 Å². The highest BCUT2D eigenvalue weighted by atomic mass is 32.2. The molecule has 10 heteroatoms. The summed E-state index contributed by atoms with van der Waals surface area (Å²) < 4.78 is 25.6. The number of hydrogen-bond acceptors (Lipinski definition) is 6. The lowest BCUT2D eigenvalue weighted by atomic mass is 10.1. The van der Waals surface area contributed by atoms with Gasteiger partial charge in [-0.2, -0.15) is 0 Å². The number of nitrogens with zero attached hydrogens (tertiary/aromatic N) is 4. The van der Waals surface area contributed by atoms with Crippen LogP contribution < -0.4 is 0 Å². The Bertz CT molecular complexity index is 1120. The van der Waals surface area contributed by atoms with Crippen molar-refractivity contribution in [3.05, 3.63) is 24.3 Å². The molecule has 3 aromatic rings. The van der Waals surface area contributed by atoms with Crippen LogP contribution in [0.15, 0.2) is 29.4 Å². The number of thioether (sulfide) groups is 1. The minimum Gasteiger partial charge on any atom is -0.338 e. The lowest BCUT2D eigenvalue weighted by Crippen LogP contribution is -2.44. The van der Waals surface area contributed by atoms with E-state index in [2.05, 4.69) is 15.2 Å². The number of imidazole rings is 1. The number of carbonyl (C=O) groups excluding carboxylic acids is 1. The maximum Gasteiger partial charge on any atom is 0.233 e. The van der Waals surface area contributed by atoms with Crippen LogP contribution in [-0.2, 0) is 14.6 Å². The summed E-state index contributed by atoms with van der Waals surface area (Å²) in [5.41, 5.74) is 1.80. The molecule has 1 atom stereocenters. The van der Waals surface area contributed by atoms with Crippen molar-refractivity contribution in [2.24, 2.45) is 5.92 Å². The predicted octanol–water partition coefficient (Wildman–Crippen LogP) is 1.97. The largest absolute Gasteiger partial charge is 0.338 e. The average molecular weight is 422 g/mol. The molecule has 3 heterocycles. The molecule has 0 saturated carbocycles. The topological polar surface area (TPSA) is 100 Å². The Balaban J connectivity index is 1.53. The van der Waals surface area contributed by atoms with E-state index in [-0.39, 0.29) is 35.1 Å². The Morgan fingerprint density at radius 2 is 2.18 bits per heavy atom. The molecule has 28 heavy (non-hydrogen) atoms. The fourth-order valence-corrected chi connectivity index (χ4v) is 6.19. The zero-order valence-corrected chi connectivity index (χ0v) is 17.5. The second-order valence-electron chi connectivity index (χ2n) is 7.55. The number of hydrogen-bond donors (Lipinski definition) is 1. The number of fused-ring (bicyclic) bond motifs is 3. The quantitative estimate of drug-likeness (QED) is 0.611. The first-order valence-electron chi connectivity index (χ1n) is 9.28. The fraction of sp³-hybridized carbons (Fsp3) is 0.500. The van der Waals surface area contributed by atoms with Gasteiger partial charge in [0.25, 0.3) is 0 Å². The monoisotopic (exact) mass is 421 g/mol. The van der Waals surface area contributed by atoms with Crippen LogP contribution >= 0.6 is 11.8 Å². The van der Waals surface area contributed by atoms with Crippen molar-refractivity contribution in [3.63, 3.8) is 0 Å². The van der Waals surface area contributed by atoms with Crippen LogP contribution in [0.25, 0.3) is 16.8 Å². The summed E-state index contributed by atoms with van der Waals surface area (Å²) in [6.07, 6.45) is 0.518. The standard InChI is InChI=1S/C18H23N5O3S2/c1-12(2)9-22(13-7-8-28(25,26)11-13)16(24)10-27-18-21-20-17-19-14-5-3-4-6-15(14)23(17)18/h3-6,12-13H,7-11H2,1-2H3,(H,19,20)/t13-/m0/s1. The second-order valence-corrected chi connectivity index (χ2v) is 10.7. The summed E-state index contributed by atoms with van der Waals surface area (Å²) in [4.78, 5) is 19.2. The van der Waals surface area contributed by atoms with Gasteiger partial charge in [0.15, 0.2) is 15.0 Å². The lowest BCUT2D eigenvalue weighted by molar-refractivity contribution is -0.130. The first-order chi connectivity index (χ1) is 13.3. The Morgan fingerprint density at radius 3 is 2.89 bits per heavy atom. The Hall–Kier alpha value is -2.07. The molecule has 1 N–H and O–H groups in total. The van der Waals surface area contributed by atoms with E-state index in [1.54, 1.807) is 4.90 Å². The Labute approximate surface area is 167 Å². The van der Waals surface area contributed by atoms with Gasteiger partial charge < -0.3 is 4.90 Å². The number of carbonyl (C=O) groups is 1. The van der Waals surface area contributed by atoms with E-state index in [0.717, 1.165) is 11.0 Å². The van der Waals surface area contributed by atoms with Crippen LogP contribution in [0.1, 0.15) is 20.3 Å². The highest BCUT2D eigenvalue weighted by Gasteiger charge is 2.34. The zero-order chi connectivity index (χ0) is 19.9. The Kier molecular flexibility index (Phi) is 5.09.